The Morgan fingerprint density at radius 3 is 2.76 bits per heavy atom. The first kappa shape index (κ1) is 15.3. The molecule has 0 aromatic heterocycles. The number of amides is 1. The Bertz CT molecular complexity index is 361. The van der Waals surface area contributed by atoms with Gasteiger partial charge in [0.2, 0.25) is 5.91 Å². The van der Waals surface area contributed by atoms with Gasteiger partial charge in [0.05, 0.1) is 18.3 Å². The highest BCUT2D eigenvalue weighted by Crippen LogP contribution is 2.38. The van der Waals surface area contributed by atoms with Crippen LogP contribution >= 0.6 is 0 Å². The molecule has 2 heterocycles. The van der Waals surface area contributed by atoms with Crippen LogP contribution in [0.4, 0.5) is 0 Å². The van der Waals surface area contributed by atoms with E-state index in [1.54, 1.807) is 0 Å². The second-order valence-corrected chi connectivity index (χ2v) is 6.61. The molecule has 0 aromatic carbocycles. The van der Waals surface area contributed by atoms with Crippen molar-refractivity contribution < 1.29 is 19.0 Å². The molecule has 120 valence electrons. The zero-order valence-electron chi connectivity index (χ0n) is 13.0. The molecule has 2 saturated heterocycles. The summed E-state index contributed by atoms with van der Waals surface area (Å²) in [5.74, 6) is 0.908. The zero-order valence-corrected chi connectivity index (χ0v) is 13.0. The molecule has 1 saturated carbocycles. The predicted octanol–water partition coefficient (Wildman–Crippen LogP) is 1.60. The molecule has 5 nitrogen and oxygen atoms in total. The van der Waals surface area contributed by atoms with Crippen LogP contribution in [0.3, 0.4) is 0 Å². The summed E-state index contributed by atoms with van der Waals surface area (Å²) in [5.41, 5.74) is -0.0450. The molecular formula is C16H27NO4. The molecule has 3 rings (SSSR count). The highest BCUT2D eigenvalue weighted by Gasteiger charge is 2.44. The first-order valence-corrected chi connectivity index (χ1v) is 8.32. The van der Waals surface area contributed by atoms with Crippen LogP contribution in [0.25, 0.3) is 0 Å². The fourth-order valence-electron chi connectivity index (χ4n) is 3.26. The van der Waals surface area contributed by atoms with Gasteiger partial charge in [-0.2, -0.15) is 0 Å². The third-order valence-corrected chi connectivity index (χ3v) is 4.90. The zero-order chi connectivity index (χ0) is 14.7. The van der Waals surface area contributed by atoms with E-state index < -0.39 is 0 Å². The predicted molar refractivity (Wildman–Crippen MR) is 78.1 cm³/mol. The molecule has 1 amide bonds. The summed E-state index contributed by atoms with van der Waals surface area (Å²) >= 11 is 0. The lowest BCUT2D eigenvalue weighted by atomic mass is 9.88. The van der Waals surface area contributed by atoms with Crippen molar-refractivity contribution in [3.8, 4) is 0 Å². The Kier molecular flexibility index (Phi) is 4.82. The average Bonchev–Trinajstić information content (AvgIpc) is 3.26. The van der Waals surface area contributed by atoms with Crippen LogP contribution < -0.4 is 0 Å². The van der Waals surface area contributed by atoms with Gasteiger partial charge in [-0.05, 0) is 38.5 Å². The molecule has 1 aliphatic carbocycles. The van der Waals surface area contributed by atoms with Gasteiger partial charge in [-0.3, -0.25) is 4.79 Å². The van der Waals surface area contributed by atoms with Crippen molar-refractivity contribution in [1.29, 1.82) is 0 Å². The largest absolute Gasteiger partial charge is 0.375 e. The monoisotopic (exact) mass is 297 g/mol. The lowest BCUT2D eigenvalue weighted by molar-refractivity contribution is -0.140. The average molecular weight is 297 g/mol. The maximum absolute atomic E-state index is 11.9. The van der Waals surface area contributed by atoms with Crippen molar-refractivity contribution in [1.82, 2.24) is 4.90 Å². The van der Waals surface area contributed by atoms with Crippen molar-refractivity contribution >= 4 is 5.91 Å². The maximum Gasteiger partial charge on any atom is 0.248 e. The number of piperidine rings is 1. The molecule has 1 spiro atoms. The Morgan fingerprint density at radius 2 is 2.10 bits per heavy atom. The third kappa shape index (κ3) is 3.96. The van der Waals surface area contributed by atoms with E-state index in [1.165, 1.54) is 12.8 Å². The Balaban J connectivity index is 1.41. The van der Waals surface area contributed by atoms with Crippen LogP contribution in [-0.4, -0.2) is 62.0 Å². The number of likely N-dealkylation sites (tertiary alicyclic amines) is 1. The second kappa shape index (κ2) is 6.63. The standard InChI is InChI=1S/C16H27NO4/c1-2-19-12-15(18)17-7-5-16(6-8-17)9-14(11-21-16)20-10-13-3-4-13/h13-14H,2-12H2,1H3. The summed E-state index contributed by atoms with van der Waals surface area (Å²) in [6.07, 6.45) is 5.76. The van der Waals surface area contributed by atoms with Gasteiger partial charge in [0, 0.05) is 32.7 Å². The molecular weight excluding hydrogens is 270 g/mol. The summed E-state index contributed by atoms with van der Waals surface area (Å²) in [6.45, 7) is 5.89. The number of hydrogen-bond acceptors (Lipinski definition) is 4. The van der Waals surface area contributed by atoms with Gasteiger partial charge >= 0.3 is 0 Å². The number of rotatable bonds is 6. The molecule has 1 unspecified atom stereocenters. The SMILES string of the molecule is CCOCC(=O)N1CCC2(CC1)CC(OCC1CC1)CO2. The van der Waals surface area contributed by atoms with E-state index >= 15 is 0 Å². The van der Waals surface area contributed by atoms with Crippen molar-refractivity contribution in [2.45, 2.75) is 50.7 Å². The summed E-state index contributed by atoms with van der Waals surface area (Å²) in [7, 11) is 0. The van der Waals surface area contributed by atoms with Crippen LogP contribution in [-0.2, 0) is 19.0 Å². The molecule has 1 atom stereocenters. The number of carbonyl (C=O) groups is 1. The first-order chi connectivity index (χ1) is 10.2. The molecule has 0 radical (unpaired) electrons. The quantitative estimate of drug-likeness (QED) is 0.747. The molecule has 0 bridgehead atoms. The van der Waals surface area contributed by atoms with Crippen molar-refractivity contribution in [2.75, 3.05) is 39.5 Å². The van der Waals surface area contributed by atoms with E-state index in [0.29, 0.717) is 6.61 Å². The van der Waals surface area contributed by atoms with Gasteiger partial charge in [-0.25, -0.2) is 0 Å². The molecule has 0 N–H and O–H groups in total. The van der Waals surface area contributed by atoms with Gasteiger partial charge in [0.25, 0.3) is 0 Å². The number of hydrogen-bond donors (Lipinski definition) is 0. The summed E-state index contributed by atoms with van der Waals surface area (Å²) < 4.78 is 17.2. The fraction of sp³-hybridized carbons (Fsp3) is 0.938. The Labute approximate surface area is 126 Å². The molecule has 3 fully saturated rings. The highest BCUT2D eigenvalue weighted by atomic mass is 16.6. The van der Waals surface area contributed by atoms with E-state index in [0.717, 1.165) is 51.5 Å². The summed E-state index contributed by atoms with van der Waals surface area (Å²) in [5, 5.41) is 0. The fourth-order valence-corrected chi connectivity index (χ4v) is 3.26. The number of nitrogens with zero attached hydrogens (tertiary/aromatic N) is 1. The van der Waals surface area contributed by atoms with Crippen LogP contribution in [0, 0.1) is 5.92 Å². The Morgan fingerprint density at radius 1 is 1.33 bits per heavy atom. The van der Waals surface area contributed by atoms with Gasteiger partial charge < -0.3 is 19.1 Å². The van der Waals surface area contributed by atoms with Crippen LogP contribution in [0.1, 0.15) is 39.0 Å². The molecule has 3 aliphatic rings. The van der Waals surface area contributed by atoms with E-state index in [4.69, 9.17) is 14.2 Å². The van der Waals surface area contributed by atoms with E-state index in [2.05, 4.69) is 0 Å². The van der Waals surface area contributed by atoms with Crippen molar-refractivity contribution in [3.63, 3.8) is 0 Å². The van der Waals surface area contributed by atoms with Gasteiger partial charge in [0.1, 0.15) is 6.61 Å². The first-order valence-electron chi connectivity index (χ1n) is 8.32. The van der Waals surface area contributed by atoms with Gasteiger partial charge in [0.15, 0.2) is 0 Å². The minimum absolute atomic E-state index is 0.0450. The number of carbonyl (C=O) groups excluding carboxylic acids is 1. The van der Waals surface area contributed by atoms with E-state index in [1.807, 2.05) is 11.8 Å². The summed E-state index contributed by atoms with van der Waals surface area (Å²) in [4.78, 5) is 13.8. The van der Waals surface area contributed by atoms with Crippen LogP contribution in [0.15, 0.2) is 0 Å². The molecule has 0 aromatic rings. The molecule has 5 heteroatoms. The lowest BCUT2D eigenvalue weighted by Gasteiger charge is -2.38. The minimum atomic E-state index is -0.0450. The summed E-state index contributed by atoms with van der Waals surface area (Å²) in [6, 6.07) is 0. The minimum Gasteiger partial charge on any atom is -0.375 e. The van der Waals surface area contributed by atoms with E-state index in [9.17, 15) is 4.79 Å². The van der Waals surface area contributed by atoms with Crippen LogP contribution in [0.5, 0.6) is 0 Å². The normalized spacial score (nSPS) is 28.2. The van der Waals surface area contributed by atoms with Gasteiger partial charge in [-0.1, -0.05) is 0 Å². The van der Waals surface area contributed by atoms with Gasteiger partial charge in [-0.15, -0.1) is 0 Å². The molecule has 2 aliphatic heterocycles. The lowest BCUT2D eigenvalue weighted by Crippen LogP contribution is -2.47. The second-order valence-electron chi connectivity index (χ2n) is 6.61. The molecule has 21 heavy (non-hydrogen) atoms. The van der Waals surface area contributed by atoms with Crippen molar-refractivity contribution in [3.05, 3.63) is 0 Å². The van der Waals surface area contributed by atoms with Crippen molar-refractivity contribution in [2.24, 2.45) is 5.92 Å². The van der Waals surface area contributed by atoms with E-state index in [-0.39, 0.29) is 24.2 Å². The topological polar surface area (TPSA) is 48.0 Å². The third-order valence-electron chi connectivity index (χ3n) is 4.90. The smallest absolute Gasteiger partial charge is 0.248 e. The maximum atomic E-state index is 11.9. The highest BCUT2D eigenvalue weighted by molar-refractivity contribution is 5.77. The van der Waals surface area contributed by atoms with Crippen LogP contribution in [0.2, 0.25) is 0 Å². The Hall–Kier alpha value is -0.650. The number of ether oxygens (including phenoxy) is 3.